The molecule has 4 amide bonds. The van der Waals surface area contributed by atoms with E-state index in [1.165, 1.54) is 24.3 Å². The summed E-state index contributed by atoms with van der Waals surface area (Å²) in [5.74, 6) is -1.34. The molecule has 3 N–H and O–H groups in total. The summed E-state index contributed by atoms with van der Waals surface area (Å²) >= 11 is 0. The maximum atomic E-state index is 13.1. The lowest BCUT2D eigenvalue weighted by molar-refractivity contribution is -0.135. The molecule has 7 nitrogen and oxygen atoms in total. The molecule has 0 aliphatic carbocycles. The molecule has 1 aromatic rings. The van der Waals surface area contributed by atoms with E-state index in [-0.39, 0.29) is 30.9 Å². The van der Waals surface area contributed by atoms with Crippen molar-refractivity contribution in [2.45, 2.75) is 24.9 Å². The van der Waals surface area contributed by atoms with Crippen LogP contribution in [-0.4, -0.2) is 48.4 Å². The van der Waals surface area contributed by atoms with E-state index in [0.29, 0.717) is 12.1 Å². The predicted molar refractivity (Wildman–Crippen MR) is 90.7 cm³/mol. The number of benzene rings is 1. The van der Waals surface area contributed by atoms with Crippen molar-refractivity contribution in [1.82, 2.24) is 20.9 Å². The van der Waals surface area contributed by atoms with Crippen LogP contribution < -0.4 is 16.0 Å². The van der Waals surface area contributed by atoms with Crippen LogP contribution >= 0.6 is 12.4 Å². The Morgan fingerprint density at radius 2 is 2.04 bits per heavy atom. The molecule has 2 unspecified atom stereocenters. The first-order valence-corrected chi connectivity index (χ1v) is 7.80. The SMILES string of the molecule is CC1(c2ccc(F)cc2)NC(=O)N(CC(=O)NC2CCNC2)C1=O.Cl. The number of carbonyl (C=O) groups excluding carboxylic acids is 3. The summed E-state index contributed by atoms with van der Waals surface area (Å²) in [7, 11) is 0. The van der Waals surface area contributed by atoms with Crippen molar-refractivity contribution in [2.24, 2.45) is 0 Å². The first-order chi connectivity index (χ1) is 11.4. The van der Waals surface area contributed by atoms with E-state index in [1.54, 1.807) is 6.92 Å². The van der Waals surface area contributed by atoms with Crippen molar-refractivity contribution in [2.75, 3.05) is 19.6 Å². The van der Waals surface area contributed by atoms with E-state index < -0.39 is 23.3 Å². The number of amides is 4. The maximum Gasteiger partial charge on any atom is 0.325 e. The topological polar surface area (TPSA) is 90.5 Å². The fraction of sp³-hybridized carbons (Fsp3) is 0.438. The maximum absolute atomic E-state index is 13.1. The molecule has 2 atom stereocenters. The number of nitrogens with one attached hydrogen (secondary N) is 3. The van der Waals surface area contributed by atoms with Gasteiger partial charge in [0.2, 0.25) is 5.91 Å². The van der Waals surface area contributed by atoms with Crippen LogP contribution in [-0.2, 0) is 15.1 Å². The zero-order valence-corrected chi connectivity index (χ0v) is 14.5. The smallest absolute Gasteiger partial charge is 0.325 e. The van der Waals surface area contributed by atoms with Gasteiger partial charge in [-0.25, -0.2) is 9.18 Å². The molecule has 2 heterocycles. The third kappa shape index (κ3) is 3.74. The van der Waals surface area contributed by atoms with Gasteiger partial charge in [-0.3, -0.25) is 14.5 Å². The molecule has 0 radical (unpaired) electrons. The van der Waals surface area contributed by atoms with Gasteiger partial charge in [-0.05, 0) is 37.6 Å². The number of rotatable bonds is 4. The Labute approximate surface area is 150 Å². The Balaban J connectivity index is 0.00000225. The summed E-state index contributed by atoms with van der Waals surface area (Å²) in [6.45, 7) is 2.72. The summed E-state index contributed by atoms with van der Waals surface area (Å²) in [4.78, 5) is 37.8. The van der Waals surface area contributed by atoms with Crippen molar-refractivity contribution >= 4 is 30.3 Å². The van der Waals surface area contributed by atoms with Gasteiger partial charge in [0.1, 0.15) is 17.9 Å². The second-order valence-corrected chi connectivity index (χ2v) is 6.21. The Morgan fingerprint density at radius 1 is 1.36 bits per heavy atom. The zero-order chi connectivity index (χ0) is 17.3. The second kappa shape index (κ2) is 7.37. The summed E-state index contributed by atoms with van der Waals surface area (Å²) < 4.78 is 13.1. The van der Waals surface area contributed by atoms with Gasteiger partial charge < -0.3 is 16.0 Å². The van der Waals surface area contributed by atoms with Gasteiger partial charge in [-0.2, -0.15) is 0 Å². The lowest BCUT2D eigenvalue weighted by Crippen LogP contribution is -2.46. The molecule has 2 aliphatic heterocycles. The van der Waals surface area contributed by atoms with E-state index in [1.807, 2.05) is 0 Å². The summed E-state index contributed by atoms with van der Waals surface area (Å²) in [5.41, 5.74) is -0.842. The Hall–Kier alpha value is -2.19. The predicted octanol–water partition coefficient (Wildman–Crippen LogP) is 0.493. The fourth-order valence-electron chi connectivity index (χ4n) is 3.01. The average molecular weight is 371 g/mol. The number of imide groups is 1. The normalized spacial score (nSPS) is 25.5. The van der Waals surface area contributed by atoms with Gasteiger partial charge in [0.05, 0.1) is 0 Å². The number of urea groups is 1. The van der Waals surface area contributed by atoms with Gasteiger partial charge in [0.25, 0.3) is 5.91 Å². The van der Waals surface area contributed by atoms with E-state index in [4.69, 9.17) is 0 Å². The summed E-state index contributed by atoms with van der Waals surface area (Å²) in [6.07, 6.45) is 0.819. The summed E-state index contributed by atoms with van der Waals surface area (Å²) in [6, 6.07) is 4.72. The highest BCUT2D eigenvalue weighted by Crippen LogP contribution is 2.28. The van der Waals surface area contributed by atoms with Gasteiger partial charge in [0.15, 0.2) is 0 Å². The van der Waals surface area contributed by atoms with E-state index >= 15 is 0 Å². The van der Waals surface area contributed by atoms with Crippen LogP contribution in [0.15, 0.2) is 24.3 Å². The average Bonchev–Trinajstić information content (AvgIpc) is 3.11. The lowest BCUT2D eigenvalue weighted by Gasteiger charge is -2.22. The minimum atomic E-state index is -1.31. The molecule has 2 saturated heterocycles. The van der Waals surface area contributed by atoms with Crippen molar-refractivity contribution in [1.29, 1.82) is 0 Å². The van der Waals surface area contributed by atoms with Gasteiger partial charge in [-0.1, -0.05) is 12.1 Å². The van der Waals surface area contributed by atoms with E-state index in [9.17, 15) is 18.8 Å². The molecule has 1 aromatic carbocycles. The number of hydrogen-bond acceptors (Lipinski definition) is 4. The molecule has 0 saturated carbocycles. The first-order valence-electron chi connectivity index (χ1n) is 7.80. The Morgan fingerprint density at radius 3 is 2.64 bits per heavy atom. The second-order valence-electron chi connectivity index (χ2n) is 6.21. The van der Waals surface area contributed by atoms with Crippen LogP contribution in [0.3, 0.4) is 0 Å². The number of carbonyl (C=O) groups is 3. The molecular formula is C16H20ClFN4O3. The Bertz CT molecular complexity index is 678. The molecule has 2 fully saturated rings. The molecule has 2 aliphatic rings. The Kier molecular flexibility index (Phi) is 5.64. The third-order valence-electron chi connectivity index (χ3n) is 4.42. The molecular weight excluding hydrogens is 351 g/mol. The van der Waals surface area contributed by atoms with Crippen molar-refractivity contribution < 1.29 is 18.8 Å². The quantitative estimate of drug-likeness (QED) is 0.673. The standard InChI is InChI=1S/C16H19FN4O3.ClH/c1-16(10-2-4-11(17)5-3-10)14(23)21(15(24)20-16)9-13(22)19-12-6-7-18-8-12;/h2-5,12,18H,6-9H2,1H3,(H,19,22)(H,20,24);1H. The monoisotopic (exact) mass is 370 g/mol. The van der Waals surface area contributed by atoms with Gasteiger partial charge >= 0.3 is 6.03 Å². The molecule has 9 heteroatoms. The molecule has 0 spiro atoms. The van der Waals surface area contributed by atoms with Crippen LogP contribution in [0.25, 0.3) is 0 Å². The van der Waals surface area contributed by atoms with E-state index in [2.05, 4.69) is 16.0 Å². The zero-order valence-electron chi connectivity index (χ0n) is 13.7. The largest absolute Gasteiger partial charge is 0.350 e. The minimum absolute atomic E-state index is 0. The highest BCUT2D eigenvalue weighted by atomic mass is 35.5. The van der Waals surface area contributed by atoms with Crippen molar-refractivity contribution in [3.63, 3.8) is 0 Å². The van der Waals surface area contributed by atoms with E-state index in [0.717, 1.165) is 17.9 Å². The molecule has 0 aromatic heterocycles. The van der Waals surface area contributed by atoms with Crippen molar-refractivity contribution in [3.8, 4) is 0 Å². The number of hydrogen-bond donors (Lipinski definition) is 3. The number of nitrogens with zero attached hydrogens (tertiary/aromatic N) is 1. The molecule has 0 bridgehead atoms. The highest BCUT2D eigenvalue weighted by molar-refractivity contribution is 6.09. The lowest BCUT2D eigenvalue weighted by atomic mass is 9.92. The third-order valence-corrected chi connectivity index (χ3v) is 4.42. The highest BCUT2D eigenvalue weighted by Gasteiger charge is 2.49. The number of halogens is 2. The van der Waals surface area contributed by atoms with Crippen molar-refractivity contribution in [3.05, 3.63) is 35.6 Å². The van der Waals surface area contributed by atoms with Gasteiger partial charge in [0, 0.05) is 12.6 Å². The van der Waals surface area contributed by atoms with Crippen LogP contribution in [0, 0.1) is 5.82 Å². The summed E-state index contributed by atoms with van der Waals surface area (Å²) in [5, 5.41) is 8.51. The van der Waals surface area contributed by atoms with Crippen LogP contribution in [0.2, 0.25) is 0 Å². The van der Waals surface area contributed by atoms with Crippen LogP contribution in [0.5, 0.6) is 0 Å². The van der Waals surface area contributed by atoms with Crippen LogP contribution in [0.1, 0.15) is 18.9 Å². The first kappa shape index (κ1) is 19.1. The minimum Gasteiger partial charge on any atom is -0.350 e. The molecule has 3 rings (SSSR count). The fourth-order valence-corrected chi connectivity index (χ4v) is 3.01. The van der Waals surface area contributed by atoms with Gasteiger partial charge in [-0.15, -0.1) is 12.4 Å². The molecule has 25 heavy (non-hydrogen) atoms. The molecule has 136 valence electrons. The van der Waals surface area contributed by atoms with Crippen LogP contribution in [0.4, 0.5) is 9.18 Å².